The Bertz CT molecular complexity index is 209. The Morgan fingerprint density at radius 3 is 2.50 bits per heavy atom. The maximum Gasteiger partial charge on any atom is 0.0526 e. The van der Waals surface area contributed by atoms with Crippen LogP contribution in [0.15, 0.2) is 0 Å². The van der Waals surface area contributed by atoms with Crippen LogP contribution in [0.3, 0.4) is 0 Å². The normalized spacial score (nSPS) is 32.1. The topological polar surface area (TPSA) is 9.72 Å². The number of hydrogen-bond acceptors (Lipinski definition) is 3. The molecule has 0 amide bonds. The van der Waals surface area contributed by atoms with Gasteiger partial charge >= 0.3 is 0 Å². The maximum atomic E-state index is 2.61. The molecule has 2 fully saturated rings. The van der Waals surface area contributed by atoms with E-state index in [0.29, 0.717) is 5.54 Å². The number of nitrogens with zero attached hydrogens (tertiary/aromatic N) is 3. The molecule has 1 unspecified atom stereocenters. The smallest absolute Gasteiger partial charge is 0.0526 e. The molecule has 0 radical (unpaired) electrons. The number of hydrogen-bond donors (Lipinski definition) is 0. The summed E-state index contributed by atoms with van der Waals surface area (Å²) in [5.41, 5.74) is 0.326. The first-order valence-corrected chi connectivity index (χ1v) is 5.64. The Hall–Kier alpha value is -0.120. The van der Waals surface area contributed by atoms with E-state index in [2.05, 4.69) is 42.5 Å². The molecular formula is C11H23N3. The lowest BCUT2D eigenvalue weighted by Gasteiger charge is -2.44. The van der Waals surface area contributed by atoms with E-state index in [4.69, 9.17) is 0 Å². The first kappa shape index (κ1) is 10.4. The van der Waals surface area contributed by atoms with Crippen LogP contribution in [0.1, 0.15) is 27.2 Å². The average Bonchev–Trinajstić information content (AvgIpc) is 2.41. The van der Waals surface area contributed by atoms with Crippen LogP contribution < -0.4 is 0 Å². The Morgan fingerprint density at radius 1 is 1.14 bits per heavy atom. The summed E-state index contributed by atoms with van der Waals surface area (Å²) in [5, 5.41) is 0. The fourth-order valence-electron chi connectivity index (χ4n) is 2.53. The molecule has 2 aliphatic rings. The van der Waals surface area contributed by atoms with E-state index < -0.39 is 0 Å². The second-order valence-corrected chi connectivity index (χ2v) is 5.79. The van der Waals surface area contributed by atoms with Crippen LogP contribution in [0.5, 0.6) is 0 Å². The summed E-state index contributed by atoms with van der Waals surface area (Å²) in [6, 6.07) is 0.818. The van der Waals surface area contributed by atoms with Gasteiger partial charge in [0.25, 0.3) is 0 Å². The van der Waals surface area contributed by atoms with E-state index in [1.165, 1.54) is 19.5 Å². The Morgan fingerprint density at radius 2 is 1.86 bits per heavy atom. The summed E-state index contributed by atoms with van der Waals surface area (Å²) in [5.74, 6) is 0. The van der Waals surface area contributed by atoms with Crippen LogP contribution in [0, 0.1) is 0 Å². The molecule has 82 valence electrons. The van der Waals surface area contributed by atoms with Crippen LogP contribution >= 0.6 is 0 Å². The highest BCUT2D eigenvalue weighted by molar-refractivity contribution is 4.89. The average molecular weight is 197 g/mol. The largest absolute Gasteiger partial charge is 0.292 e. The molecule has 3 nitrogen and oxygen atoms in total. The molecule has 1 atom stereocenters. The van der Waals surface area contributed by atoms with Gasteiger partial charge in [0, 0.05) is 24.7 Å². The number of fused-ring (bicyclic) bond motifs is 1. The second kappa shape index (κ2) is 3.47. The lowest BCUT2D eigenvalue weighted by molar-refractivity contribution is 0.00632. The minimum absolute atomic E-state index is 0.326. The third-order valence-corrected chi connectivity index (χ3v) is 3.50. The van der Waals surface area contributed by atoms with Gasteiger partial charge in [0.2, 0.25) is 0 Å². The predicted molar refractivity (Wildman–Crippen MR) is 59.1 cm³/mol. The van der Waals surface area contributed by atoms with Gasteiger partial charge in [-0.2, -0.15) is 0 Å². The summed E-state index contributed by atoms with van der Waals surface area (Å²) >= 11 is 0. The van der Waals surface area contributed by atoms with Crippen molar-refractivity contribution in [2.24, 2.45) is 0 Å². The predicted octanol–water partition coefficient (Wildman–Crippen LogP) is 1.02. The van der Waals surface area contributed by atoms with Crippen molar-refractivity contribution >= 4 is 0 Å². The molecule has 2 aliphatic heterocycles. The molecule has 14 heavy (non-hydrogen) atoms. The zero-order valence-corrected chi connectivity index (χ0v) is 9.95. The Balaban J connectivity index is 1.98. The molecule has 0 saturated carbocycles. The molecule has 0 aromatic carbocycles. The van der Waals surface area contributed by atoms with Crippen LogP contribution in [-0.2, 0) is 0 Å². The molecule has 0 aromatic heterocycles. The van der Waals surface area contributed by atoms with Crippen molar-refractivity contribution in [3.63, 3.8) is 0 Å². The lowest BCUT2D eigenvalue weighted by Crippen LogP contribution is -2.54. The minimum Gasteiger partial charge on any atom is -0.292 e. The number of rotatable bonds is 0. The van der Waals surface area contributed by atoms with Gasteiger partial charge < -0.3 is 0 Å². The van der Waals surface area contributed by atoms with Crippen molar-refractivity contribution in [2.45, 2.75) is 38.8 Å². The molecule has 2 heterocycles. The summed E-state index contributed by atoms with van der Waals surface area (Å²) < 4.78 is 0. The second-order valence-electron chi connectivity index (χ2n) is 5.79. The molecule has 0 bridgehead atoms. The monoisotopic (exact) mass is 197 g/mol. The molecule has 3 heteroatoms. The fraction of sp³-hybridized carbons (Fsp3) is 1.00. The van der Waals surface area contributed by atoms with Gasteiger partial charge in [-0.25, -0.2) is 0 Å². The summed E-state index contributed by atoms with van der Waals surface area (Å²) in [6.45, 7) is 11.8. The van der Waals surface area contributed by atoms with Gasteiger partial charge in [0.15, 0.2) is 0 Å². The van der Waals surface area contributed by atoms with Crippen LogP contribution in [0.4, 0.5) is 0 Å². The first-order chi connectivity index (χ1) is 6.47. The zero-order valence-electron chi connectivity index (χ0n) is 9.95. The zero-order chi connectivity index (χ0) is 10.3. The van der Waals surface area contributed by atoms with E-state index in [1.807, 2.05) is 0 Å². The first-order valence-electron chi connectivity index (χ1n) is 5.64. The van der Waals surface area contributed by atoms with Gasteiger partial charge in [-0.15, -0.1) is 0 Å². The van der Waals surface area contributed by atoms with Crippen molar-refractivity contribution < 1.29 is 0 Å². The molecule has 2 saturated heterocycles. The molecular weight excluding hydrogens is 174 g/mol. The van der Waals surface area contributed by atoms with E-state index in [-0.39, 0.29) is 0 Å². The summed E-state index contributed by atoms with van der Waals surface area (Å²) in [7, 11) is 2.22. The van der Waals surface area contributed by atoms with Crippen molar-refractivity contribution in [3.8, 4) is 0 Å². The summed E-state index contributed by atoms with van der Waals surface area (Å²) in [4.78, 5) is 7.62. The molecule has 0 spiro atoms. The van der Waals surface area contributed by atoms with Gasteiger partial charge in [0.1, 0.15) is 0 Å². The SMILES string of the molecule is CN1CC2CCN(C(C)(C)C)CN2C1. The Kier molecular flexibility index (Phi) is 2.58. The Labute approximate surface area is 87.7 Å². The van der Waals surface area contributed by atoms with E-state index in [0.717, 1.165) is 19.4 Å². The molecule has 2 rings (SSSR count). The minimum atomic E-state index is 0.326. The van der Waals surface area contributed by atoms with E-state index in [9.17, 15) is 0 Å². The van der Waals surface area contributed by atoms with Gasteiger partial charge in [0.05, 0.1) is 13.3 Å². The van der Waals surface area contributed by atoms with Gasteiger partial charge in [-0.1, -0.05) is 0 Å². The summed E-state index contributed by atoms with van der Waals surface area (Å²) in [6.07, 6.45) is 1.33. The maximum absolute atomic E-state index is 2.61. The molecule has 0 aromatic rings. The standard InChI is InChI=1S/C11H23N3/c1-11(2,3)14-6-5-10-7-12(4)8-13(10)9-14/h10H,5-9H2,1-4H3. The van der Waals surface area contributed by atoms with Crippen LogP contribution in [0.25, 0.3) is 0 Å². The highest BCUT2D eigenvalue weighted by atomic mass is 15.5. The highest BCUT2D eigenvalue weighted by Gasteiger charge is 2.36. The molecule has 0 N–H and O–H groups in total. The van der Waals surface area contributed by atoms with E-state index >= 15 is 0 Å². The lowest BCUT2D eigenvalue weighted by atomic mass is 10.0. The third-order valence-electron chi connectivity index (χ3n) is 3.50. The highest BCUT2D eigenvalue weighted by Crippen LogP contribution is 2.25. The molecule has 0 aliphatic carbocycles. The van der Waals surface area contributed by atoms with Crippen LogP contribution in [-0.4, -0.2) is 59.8 Å². The van der Waals surface area contributed by atoms with Gasteiger partial charge in [-0.3, -0.25) is 14.7 Å². The fourth-order valence-corrected chi connectivity index (χ4v) is 2.53. The van der Waals surface area contributed by atoms with Crippen molar-refractivity contribution in [2.75, 3.05) is 33.5 Å². The van der Waals surface area contributed by atoms with E-state index in [1.54, 1.807) is 0 Å². The van der Waals surface area contributed by atoms with Gasteiger partial charge in [-0.05, 0) is 34.2 Å². The van der Waals surface area contributed by atoms with Crippen molar-refractivity contribution in [1.29, 1.82) is 0 Å². The third kappa shape index (κ3) is 1.95. The van der Waals surface area contributed by atoms with Crippen LogP contribution in [0.2, 0.25) is 0 Å². The number of likely N-dealkylation sites (N-methyl/N-ethyl adjacent to an activating group) is 1. The van der Waals surface area contributed by atoms with Crippen molar-refractivity contribution in [3.05, 3.63) is 0 Å². The van der Waals surface area contributed by atoms with Crippen molar-refractivity contribution in [1.82, 2.24) is 14.7 Å². The quantitative estimate of drug-likeness (QED) is 0.574.